The molecule has 0 aromatic heterocycles. The van der Waals surface area contributed by atoms with Gasteiger partial charge < -0.3 is 28.4 Å². The van der Waals surface area contributed by atoms with Crippen LogP contribution < -0.4 is 0 Å². The van der Waals surface area contributed by atoms with Crippen LogP contribution >= 0.6 is 0 Å². The van der Waals surface area contributed by atoms with Gasteiger partial charge in [-0.1, -0.05) is 106 Å². The first-order valence-electron chi connectivity index (χ1n) is 49.8. The number of carbonyl (C=O) groups is 6. The molecule has 0 N–H and O–H groups in total. The number of hydrogen-bond acceptors (Lipinski definition) is 12. The lowest BCUT2D eigenvalue weighted by molar-refractivity contribution is -0.213. The fraction of sp³-hybridized carbons (Fsp3) is 0.943. The fourth-order valence-corrected chi connectivity index (χ4v) is 27.3. The van der Waals surface area contributed by atoms with Gasteiger partial charge in [-0.25, -0.2) is 0 Å². The second kappa shape index (κ2) is 36.8. The van der Waals surface area contributed by atoms with Crippen molar-refractivity contribution in [3.8, 4) is 0 Å². The molecule has 0 saturated heterocycles. The van der Waals surface area contributed by atoms with E-state index >= 15 is 0 Å². The molecule has 12 nitrogen and oxygen atoms in total. The van der Waals surface area contributed by atoms with Gasteiger partial charge in [-0.15, -0.1) is 0 Å². The Morgan fingerprint density at radius 1 is 0.316 bits per heavy atom. The summed E-state index contributed by atoms with van der Waals surface area (Å²) in [6.45, 7) is 54.0. The van der Waals surface area contributed by atoms with Gasteiger partial charge in [0.05, 0.1) is 32.5 Å². The maximum atomic E-state index is 12.9. The van der Waals surface area contributed by atoms with Gasteiger partial charge in [0, 0.05) is 22.7 Å². The summed E-state index contributed by atoms with van der Waals surface area (Å²) < 4.78 is 36.5. The Hall–Kier alpha value is -3.18. The van der Waals surface area contributed by atoms with Gasteiger partial charge in [0.25, 0.3) is 0 Å². The summed E-state index contributed by atoms with van der Waals surface area (Å²) >= 11 is 0. The first-order valence-corrected chi connectivity index (χ1v) is 49.8. The van der Waals surface area contributed by atoms with Crippen molar-refractivity contribution in [1.29, 1.82) is 0 Å². The molecule has 17 rings (SSSR count). The van der Waals surface area contributed by atoms with Crippen LogP contribution in [0.3, 0.4) is 0 Å². The normalized spacial score (nSPS) is 38.3. The summed E-state index contributed by atoms with van der Waals surface area (Å²) in [5.41, 5.74) is -2.83. The molecule has 12 heteroatoms. The molecular weight excluding hydrogens is 1450 g/mol. The minimum Gasteiger partial charge on any atom is -0.459 e. The van der Waals surface area contributed by atoms with Crippen LogP contribution in [-0.4, -0.2) is 69.4 Å². The molecule has 0 amide bonds. The van der Waals surface area contributed by atoms with Crippen molar-refractivity contribution in [3.05, 3.63) is 0 Å². The third-order valence-corrected chi connectivity index (χ3v) is 37.6. The predicted molar refractivity (Wildman–Crippen MR) is 474 cm³/mol. The maximum absolute atomic E-state index is 12.9. The van der Waals surface area contributed by atoms with E-state index in [1.54, 1.807) is 0 Å². The molecule has 17 aliphatic carbocycles. The number of unbranched alkanes of at least 4 members (excludes halogenated alkanes) is 1. The Morgan fingerprint density at radius 2 is 0.744 bits per heavy atom. The largest absolute Gasteiger partial charge is 0.459 e. The Bertz CT molecular complexity index is 3310. The van der Waals surface area contributed by atoms with Gasteiger partial charge in [-0.3, -0.25) is 28.8 Å². The van der Waals surface area contributed by atoms with Gasteiger partial charge in [0.1, 0.15) is 33.6 Å². The summed E-state index contributed by atoms with van der Waals surface area (Å²) in [4.78, 5) is 74.7. The summed E-state index contributed by atoms with van der Waals surface area (Å²) in [7, 11) is 0. The van der Waals surface area contributed by atoms with Gasteiger partial charge in [-0.05, 0) is 433 Å². The molecule has 17 aliphatic rings. The minimum absolute atomic E-state index is 0.00345. The third-order valence-electron chi connectivity index (χ3n) is 37.6. The Morgan fingerprint density at radius 3 is 1.23 bits per heavy atom. The molecule has 0 heterocycles. The first kappa shape index (κ1) is 96.0. The van der Waals surface area contributed by atoms with E-state index < -0.39 is 0 Å². The van der Waals surface area contributed by atoms with Crippen LogP contribution in [0.25, 0.3) is 0 Å². The molecule has 672 valence electrons. The zero-order valence-electron chi connectivity index (χ0n) is 80.5. The highest BCUT2D eigenvalue weighted by atomic mass is 16.6. The lowest BCUT2D eigenvalue weighted by Gasteiger charge is -2.62. The average Bonchev–Trinajstić information content (AvgIpc) is 0.972. The molecule has 0 radical (unpaired) electrons. The monoisotopic (exact) mass is 1630 g/mol. The molecular formula is C105H180O12. The molecule has 0 aromatic rings. The zero-order chi connectivity index (χ0) is 86.3. The Kier molecular flexibility index (Phi) is 30.2. The van der Waals surface area contributed by atoms with Crippen LogP contribution in [0.5, 0.6) is 0 Å². The highest BCUT2D eigenvalue weighted by Gasteiger charge is 2.67. The molecule has 17 atom stereocenters. The molecule has 0 spiro atoms. The number of carbonyl (C=O) groups excluding carboxylic acids is 6. The van der Waals surface area contributed by atoms with Crippen molar-refractivity contribution in [1.82, 2.24) is 0 Å². The van der Waals surface area contributed by atoms with Crippen molar-refractivity contribution in [2.75, 3.05) is 0 Å². The van der Waals surface area contributed by atoms with E-state index in [0.717, 1.165) is 160 Å². The molecule has 12 bridgehead atoms. The quantitative estimate of drug-likeness (QED) is 0.0705. The van der Waals surface area contributed by atoms with E-state index in [1.807, 2.05) is 90.0 Å². The second-order valence-electron chi connectivity index (χ2n) is 48.6. The SMILES string of the molecule is CCC(C)(C)C(=O)OC(C)(C)C12CC3CC(CC1C3)C2.CCC(C)(C)C(=O)OC1(C)CC2CC1C1CCCC21.CCC(C)(C)C(=O)OC1(C)CC2CCC1C2.CCC(C)(C)C(=O)OC1(C)CCC2CCCCC2C1.CCC(C)(C)C(=O)OC1(C)CCCC2CCCCC21.CCCCC(C)(OC(=O)C(C)(C)CC)C12CC3CC(CC(C3)C1)C2. The van der Waals surface area contributed by atoms with E-state index in [9.17, 15) is 28.8 Å². The lowest BCUT2D eigenvalue weighted by Crippen LogP contribution is -2.59. The van der Waals surface area contributed by atoms with E-state index in [-0.39, 0.29) is 113 Å². The number of hydrogen-bond donors (Lipinski definition) is 0. The molecule has 117 heavy (non-hydrogen) atoms. The standard InChI is InChI=1S/C22H38O2.C18H30O2.C17H28O2.2C17H30O2.C14H24O2/c1-6-8-9-21(5,24-19(23)20(3,4)7-2)22-13-16-10-17(14-22)12-18(11-16)15-22;1-6-16(2,3)15(19)20-17(4,5)18-10-12-7-13(11-18)9-14(18)8-12;1-5-16(2,3)15(18)19-17(4)10-11-9-14(17)13-8-6-7-12(11)13;1-5-16(2,3)15(18)19-17(4)12-8-10-13-9-6-7-11-14(13)17;1-5-16(2,3)15(18)19-17(4)11-10-13-8-6-7-9-14(13)12-17;1-5-13(2,3)12(15)16-14(4)9-10-6-7-11(14)8-10/h16-18H,6-15H2,1-5H3;12-14H,6-11H2,1-5H3;11-14H,5-10H2,1-4H3;2*13-14H,5-12H2,1-4H3;10-11H,5-9H2,1-4H3. The highest BCUT2D eigenvalue weighted by Crippen LogP contribution is 2.71. The lowest BCUT2D eigenvalue weighted by atomic mass is 9.45. The second-order valence-corrected chi connectivity index (χ2v) is 48.6. The topological polar surface area (TPSA) is 158 Å². The van der Waals surface area contributed by atoms with E-state index in [4.69, 9.17) is 28.4 Å². The minimum atomic E-state index is -0.365. The van der Waals surface area contributed by atoms with Crippen molar-refractivity contribution in [2.45, 2.75) is 490 Å². The van der Waals surface area contributed by atoms with E-state index in [0.29, 0.717) is 17.8 Å². The Balaban J connectivity index is 0.000000149. The molecule has 17 unspecified atom stereocenters. The third kappa shape index (κ3) is 20.8. The number of ether oxygens (including phenoxy) is 6. The summed E-state index contributed by atoms with van der Waals surface area (Å²) in [5.74, 6) is 13.1. The maximum Gasteiger partial charge on any atom is 0.312 e. The zero-order valence-corrected chi connectivity index (χ0v) is 80.5. The molecule has 17 saturated carbocycles. The average molecular weight is 1630 g/mol. The number of rotatable bonds is 23. The van der Waals surface area contributed by atoms with Gasteiger partial charge >= 0.3 is 35.8 Å². The van der Waals surface area contributed by atoms with E-state index in [2.05, 4.69) is 90.0 Å². The van der Waals surface area contributed by atoms with Crippen LogP contribution in [0.2, 0.25) is 0 Å². The first-order chi connectivity index (χ1) is 54.4. The summed E-state index contributed by atoms with van der Waals surface area (Å²) in [5, 5.41) is 0. The van der Waals surface area contributed by atoms with Crippen molar-refractivity contribution < 1.29 is 57.2 Å². The highest BCUT2D eigenvalue weighted by molar-refractivity contribution is 5.79. The van der Waals surface area contributed by atoms with Crippen LogP contribution in [0.4, 0.5) is 0 Å². The van der Waals surface area contributed by atoms with Gasteiger partial charge in [-0.2, -0.15) is 0 Å². The van der Waals surface area contributed by atoms with Crippen LogP contribution in [0, 0.1) is 138 Å². The van der Waals surface area contributed by atoms with Crippen molar-refractivity contribution in [2.24, 2.45) is 138 Å². The smallest absolute Gasteiger partial charge is 0.312 e. The van der Waals surface area contributed by atoms with Crippen molar-refractivity contribution >= 4 is 35.8 Å². The Labute approximate surface area is 716 Å². The van der Waals surface area contributed by atoms with Gasteiger partial charge in [0.2, 0.25) is 0 Å². The molecule has 17 fully saturated rings. The molecule has 0 aliphatic heterocycles. The van der Waals surface area contributed by atoms with Crippen LogP contribution in [0.1, 0.15) is 456 Å². The number of fused-ring (bicyclic) bond motifs is 9. The summed E-state index contributed by atoms with van der Waals surface area (Å²) in [6.07, 6.45) is 52.8. The summed E-state index contributed by atoms with van der Waals surface area (Å²) in [6, 6.07) is 0. The van der Waals surface area contributed by atoms with Crippen LogP contribution in [-0.2, 0) is 57.2 Å². The number of esters is 6. The fourth-order valence-electron chi connectivity index (χ4n) is 27.3. The molecule has 0 aromatic carbocycles. The van der Waals surface area contributed by atoms with Gasteiger partial charge in [0.15, 0.2) is 0 Å². The van der Waals surface area contributed by atoms with Crippen LogP contribution in [0.15, 0.2) is 0 Å². The van der Waals surface area contributed by atoms with Crippen molar-refractivity contribution in [3.63, 3.8) is 0 Å². The van der Waals surface area contributed by atoms with E-state index in [1.165, 1.54) is 193 Å². The predicted octanol–water partition coefficient (Wildman–Crippen LogP) is 27.9.